The van der Waals surface area contributed by atoms with Gasteiger partial charge in [-0.1, -0.05) is 30.3 Å². The number of carbonyl (C=O) groups is 2. The third-order valence-electron chi connectivity index (χ3n) is 3.83. The molecule has 2 aromatic carbocycles. The van der Waals surface area contributed by atoms with Crippen molar-refractivity contribution in [3.8, 4) is 0 Å². The Kier molecular flexibility index (Phi) is 4.70. The Hall–Kier alpha value is -3.28. The summed E-state index contributed by atoms with van der Waals surface area (Å²) in [6, 6.07) is 14.0. The molecule has 0 bridgehead atoms. The van der Waals surface area contributed by atoms with E-state index in [0.717, 1.165) is 10.9 Å². The molecule has 5 nitrogen and oxygen atoms in total. The number of fused-ring (bicyclic) bond motifs is 1. The third-order valence-corrected chi connectivity index (χ3v) is 3.83. The number of nitrogens with two attached hydrogens (primary N) is 1. The van der Waals surface area contributed by atoms with Crippen LogP contribution in [0.3, 0.4) is 0 Å². The molecular weight excluding hydrogens is 321 g/mol. The molecule has 0 saturated carbocycles. The molecule has 25 heavy (non-hydrogen) atoms. The van der Waals surface area contributed by atoms with Crippen molar-refractivity contribution in [1.82, 2.24) is 10.3 Å². The molecule has 2 amide bonds. The van der Waals surface area contributed by atoms with Gasteiger partial charge in [-0.2, -0.15) is 0 Å². The second-order valence-electron chi connectivity index (χ2n) is 5.68. The number of carbonyl (C=O) groups excluding carboxylic acids is 2. The van der Waals surface area contributed by atoms with Crippen LogP contribution in [0.4, 0.5) is 4.39 Å². The number of aromatic nitrogens is 1. The van der Waals surface area contributed by atoms with Crippen LogP contribution >= 0.6 is 0 Å². The number of para-hydroxylation sites is 1. The van der Waals surface area contributed by atoms with Crippen LogP contribution in [0.1, 0.15) is 15.9 Å². The largest absolute Gasteiger partial charge is 0.368 e. The number of nitrogens with zero attached hydrogens (tertiary/aromatic N) is 1. The van der Waals surface area contributed by atoms with E-state index in [4.69, 9.17) is 5.73 Å². The van der Waals surface area contributed by atoms with Crippen LogP contribution in [0, 0.1) is 5.82 Å². The zero-order valence-corrected chi connectivity index (χ0v) is 13.3. The summed E-state index contributed by atoms with van der Waals surface area (Å²) in [5.74, 6) is -1.56. The van der Waals surface area contributed by atoms with Crippen LogP contribution in [-0.4, -0.2) is 22.8 Å². The summed E-state index contributed by atoms with van der Waals surface area (Å²) in [6.45, 7) is 0. The molecule has 3 N–H and O–H groups in total. The number of nitrogens with one attached hydrogen (secondary N) is 1. The predicted octanol–water partition coefficient (Wildman–Crippen LogP) is 2.20. The molecule has 1 aromatic heterocycles. The van der Waals surface area contributed by atoms with Crippen molar-refractivity contribution >= 4 is 22.7 Å². The number of rotatable bonds is 5. The van der Waals surface area contributed by atoms with E-state index in [9.17, 15) is 14.0 Å². The van der Waals surface area contributed by atoms with Crippen molar-refractivity contribution in [2.45, 2.75) is 12.5 Å². The summed E-state index contributed by atoms with van der Waals surface area (Å²) < 4.78 is 13.3. The summed E-state index contributed by atoms with van der Waals surface area (Å²) in [6.07, 6.45) is 1.55. The summed E-state index contributed by atoms with van der Waals surface area (Å²) in [7, 11) is 0. The minimum absolute atomic E-state index is 0.111. The number of primary amides is 1. The van der Waals surface area contributed by atoms with Crippen molar-refractivity contribution < 1.29 is 14.0 Å². The molecule has 3 rings (SSSR count). The summed E-state index contributed by atoms with van der Waals surface area (Å²) >= 11 is 0. The average Bonchev–Trinajstić information content (AvgIpc) is 2.60. The monoisotopic (exact) mass is 337 g/mol. The van der Waals surface area contributed by atoms with E-state index < -0.39 is 23.7 Å². The summed E-state index contributed by atoms with van der Waals surface area (Å²) in [4.78, 5) is 28.3. The van der Waals surface area contributed by atoms with E-state index in [1.54, 1.807) is 12.1 Å². The lowest BCUT2D eigenvalue weighted by molar-refractivity contribution is -0.119. The van der Waals surface area contributed by atoms with E-state index >= 15 is 0 Å². The van der Waals surface area contributed by atoms with Gasteiger partial charge in [0.25, 0.3) is 5.91 Å². The van der Waals surface area contributed by atoms with Gasteiger partial charge in [-0.25, -0.2) is 4.39 Å². The molecule has 3 aromatic rings. The van der Waals surface area contributed by atoms with Gasteiger partial charge in [0.1, 0.15) is 11.9 Å². The Morgan fingerprint density at radius 3 is 2.68 bits per heavy atom. The first-order valence-corrected chi connectivity index (χ1v) is 7.72. The number of amides is 2. The second kappa shape index (κ2) is 7.09. The van der Waals surface area contributed by atoms with Crippen molar-refractivity contribution in [3.63, 3.8) is 0 Å². The van der Waals surface area contributed by atoms with Gasteiger partial charge in [-0.15, -0.1) is 0 Å². The van der Waals surface area contributed by atoms with Crippen LogP contribution in [0.2, 0.25) is 0 Å². The van der Waals surface area contributed by atoms with Crippen LogP contribution in [0.25, 0.3) is 10.9 Å². The predicted molar refractivity (Wildman–Crippen MR) is 92.3 cm³/mol. The second-order valence-corrected chi connectivity index (χ2v) is 5.68. The van der Waals surface area contributed by atoms with Gasteiger partial charge in [0.2, 0.25) is 5.91 Å². The van der Waals surface area contributed by atoms with E-state index in [-0.39, 0.29) is 6.42 Å². The third kappa shape index (κ3) is 3.98. The number of pyridine rings is 1. The molecule has 0 aliphatic carbocycles. The molecule has 0 radical (unpaired) electrons. The quantitative estimate of drug-likeness (QED) is 0.748. The molecule has 0 spiro atoms. The smallest absolute Gasteiger partial charge is 0.253 e. The minimum Gasteiger partial charge on any atom is -0.368 e. The Balaban J connectivity index is 1.78. The Labute approximate surface area is 143 Å². The molecule has 0 unspecified atom stereocenters. The molecule has 0 fully saturated rings. The van der Waals surface area contributed by atoms with Gasteiger partial charge in [0.15, 0.2) is 0 Å². The van der Waals surface area contributed by atoms with Gasteiger partial charge < -0.3 is 11.1 Å². The molecule has 0 aliphatic rings. The topological polar surface area (TPSA) is 85.1 Å². The molecular formula is C19H16FN3O2. The maximum Gasteiger partial charge on any atom is 0.253 e. The van der Waals surface area contributed by atoms with Crippen LogP contribution in [0.15, 0.2) is 60.8 Å². The highest BCUT2D eigenvalue weighted by Crippen LogP contribution is 2.13. The Bertz CT molecular complexity index is 943. The summed E-state index contributed by atoms with van der Waals surface area (Å²) in [5.41, 5.74) is 7.04. The lowest BCUT2D eigenvalue weighted by atomic mass is 10.0. The van der Waals surface area contributed by atoms with Crippen molar-refractivity contribution in [2.75, 3.05) is 0 Å². The lowest BCUT2D eigenvalue weighted by Gasteiger charge is -2.16. The number of hydrogen-bond acceptors (Lipinski definition) is 3. The first-order valence-electron chi connectivity index (χ1n) is 7.72. The highest BCUT2D eigenvalue weighted by Gasteiger charge is 2.20. The fraction of sp³-hybridized carbons (Fsp3) is 0.105. The maximum absolute atomic E-state index is 13.3. The van der Waals surface area contributed by atoms with Crippen LogP contribution < -0.4 is 11.1 Å². The lowest BCUT2D eigenvalue weighted by Crippen LogP contribution is -2.45. The van der Waals surface area contributed by atoms with Gasteiger partial charge in [0, 0.05) is 18.0 Å². The van der Waals surface area contributed by atoms with Gasteiger partial charge >= 0.3 is 0 Å². The minimum atomic E-state index is -0.944. The fourth-order valence-corrected chi connectivity index (χ4v) is 2.56. The molecule has 1 atom stereocenters. The van der Waals surface area contributed by atoms with E-state index in [2.05, 4.69) is 10.3 Å². The highest BCUT2D eigenvalue weighted by atomic mass is 19.1. The van der Waals surface area contributed by atoms with Gasteiger partial charge in [-0.3, -0.25) is 14.6 Å². The van der Waals surface area contributed by atoms with Crippen molar-refractivity contribution in [2.24, 2.45) is 5.73 Å². The zero-order valence-electron chi connectivity index (χ0n) is 13.3. The van der Waals surface area contributed by atoms with Crippen molar-refractivity contribution in [3.05, 3.63) is 77.7 Å². The van der Waals surface area contributed by atoms with Gasteiger partial charge in [-0.05, 0) is 29.8 Å². The number of hydrogen-bond donors (Lipinski definition) is 2. The number of benzene rings is 2. The fourth-order valence-electron chi connectivity index (χ4n) is 2.56. The summed E-state index contributed by atoms with van der Waals surface area (Å²) in [5, 5.41) is 3.41. The van der Waals surface area contributed by atoms with Crippen LogP contribution in [0.5, 0.6) is 0 Å². The van der Waals surface area contributed by atoms with Gasteiger partial charge in [0.05, 0.1) is 11.1 Å². The van der Waals surface area contributed by atoms with Crippen LogP contribution in [-0.2, 0) is 11.2 Å². The first kappa shape index (κ1) is 16.6. The standard InChI is InChI=1S/C19H16FN3O2/c20-15-6-3-4-12(8-15)9-17(18(21)24)23-19(25)14-10-13-5-1-2-7-16(13)22-11-14/h1-8,10-11,17H,9H2,(H2,21,24)(H,23,25)/t17-/m1/s1. The maximum atomic E-state index is 13.3. The normalized spacial score (nSPS) is 11.9. The number of halogens is 1. The zero-order chi connectivity index (χ0) is 17.8. The Morgan fingerprint density at radius 2 is 1.92 bits per heavy atom. The molecule has 126 valence electrons. The first-order chi connectivity index (χ1) is 12.0. The Morgan fingerprint density at radius 1 is 1.12 bits per heavy atom. The molecule has 1 heterocycles. The SMILES string of the molecule is NC(=O)[C@@H](Cc1cccc(F)c1)NC(=O)c1cnc2ccccc2c1. The molecule has 6 heteroatoms. The van der Waals surface area contributed by atoms with E-state index in [1.165, 1.54) is 24.4 Å². The van der Waals surface area contributed by atoms with Crippen molar-refractivity contribution in [1.29, 1.82) is 0 Å². The average molecular weight is 337 g/mol. The van der Waals surface area contributed by atoms with E-state index in [1.807, 2.05) is 24.3 Å². The van der Waals surface area contributed by atoms with E-state index in [0.29, 0.717) is 11.1 Å². The molecule has 0 saturated heterocycles. The molecule has 0 aliphatic heterocycles. The highest BCUT2D eigenvalue weighted by molar-refractivity contribution is 5.99.